The number of fused-ring (bicyclic) bond motifs is 1. The van der Waals surface area contributed by atoms with Crippen molar-refractivity contribution >= 4 is 28.4 Å². The summed E-state index contributed by atoms with van der Waals surface area (Å²) in [5.41, 5.74) is 4.30. The summed E-state index contributed by atoms with van der Waals surface area (Å²) in [6, 6.07) is 17.3. The van der Waals surface area contributed by atoms with Crippen LogP contribution >= 0.6 is 0 Å². The van der Waals surface area contributed by atoms with Crippen LogP contribution in [0.1, 0.15) is 21.6 Å². The monoisotopic (exact) mass is 402 g/mol. The van der Waals surface area contributed by atoms with E-state index in [1.807, 2.05) is 73.3 Å². The van der Waals surface area contributed by atoms with E-state index in [1.54, 1.807) is 0 Å². The Hall–Kier alpha value is -3.25. The minimum atomic E-state index is -0.0350. The van der Waals surface area contributed by atoms with Crippen LogP contribution in [0.2, 0.25) is 0 Å². The largest absolute Gasteiger partial charge is 0.336 e. The number of carbonyl (C=O) groups excluding carboxylic acids is 2. The Labute approximate surface area is 176 Å². The molecule has 0 aliphatic carbocycles. The number of benzene rings is 2. The summed E-state index contributed by atoms with van der Waals surface area (Å²) >= 11 is 0. The molecule has 1 saturated heterocycles. The Morgan fingerprint density at radius 2 is 1.70 bits per heavy atom. The lowest BCUT2D eigenvalue weighted by atomic mass is 10.0. The van der Waals surface area contributed by atoms with Gasteiger partial charge < -0.3 is 10.2 Å². The van der Waals surface area contributed by atoms with E-state index in [0.717, 1.165) is 27.8 Å². The predicted molar refractivity (Wildman–Crippen MR) is 119 cm³/mol. The number of para-hydroxylation sites is 1. The third-order valence-electron chi connectivity index (χ3n) is 5.41. The summed E-state index contributed by atoms with van der Waals surface area (Å²) in [6.07, 6.45) is 0. The summed E-state index contributed by atoms with van der Waals surface area (Å²) in [7, 11) is 0. The highest BCUT2D eigenvalue weighted by Crippen LogP contribution is 2.22. The van der Waals surface area contributed by atoms with Gasteiger partial charge in [0.2, 0.25) is 5.91 Å². The van der Waals surface area contributed by atoms with E-state index in [1.165, 1.54) is 0 Å². The van der Waals surface area contributed by atoms with Crippen molar-refractivity contribution in [1.82, 2.24) is 14.8 Å². The van der Waals surface area contributed by atoms with Crippen LogP contribution in [0.25, 0.3) is 10.9 Å². The molecule has 6 heteroatoms. The minimum absolute atomic E-state index is 0.0319. The van der Waals surface area contributed by atoms with Crippen molar-refractivity contribution < 1.29 is 9.59 Å². The number of pyridine rings is 1. The molecule has 0 saturated carbocycles. The second-order valence-electron chi connectivity index (χ2n) is 7.81. The SMILES string of the molecule is Cc1ccc2nc(C)cc(C(=O)N3CCN(CC(=O)Nc4ccccc4)CC3)c2c1. The van der Waals surface area contributed by atoms with Gasteiger partial charge in [-0.15, -0.1) is 0 Å². The van der Waals surface area contributed by atoms with Crippen molar-refractivity contribution in [3.05, 3.63) is 71.4 Å². The van der Waals surface area contributed by atoms with Crippen molar-refractivity contribution in [2.45, 2.75) is 13.8 Å². The van der Waals surface area contributed by atoms with E-state index in [9.17, 15) is 9.59 Å². The maximum absolute atomic E-state index is 13.2. The second-order valence-corrected chi connectivity index (χ2v) is 7.81. The zero-order chi connectivity index (χ0) is 21.1. The molecule has 30 heavy (non-hydrogen) atoms. The zero-order valence-electron chi connectivity index (χ0n) is 17.4. The standard InChI is InChI=1S/C24H26N4O2/c1-17-8-9-22-20(14-17)21(15-18(2)25-22)24(30)28-12-10-27(11-13-28)16-23(29)26-19-6-4-3-5-7-19/h3-9,14-15H,10-13,16H2,1-2H3,(H,26,29). The molecule has 0 unspecified atom stereocenters. The van der Waals surface area contributed by atoms with Gasteiger partial charge >= 0.3 is 0 Å². The van der Waals surface area contributed by atoms with Gasteiger partial charge in [0.1, 0.15) is 0 Å². The van der Waals surface area contributed by atoms with E-state index in [-0.39, 0.29) is 11.8 Å². The highest BCUT2D eigenvalue weighted by Gasteiger charge is 2.25. The molecule has 1 N–H and O–H groups in total. The lowest BCUT2D eigenvalue weighted by Gasteiger charge is -2.34. The molecule has 1 aliphatic rings. The fourth-order valence-corrected chi connectivity index (χ4v) is 3.85. The molecule has 154 valence electrons. The van der Waals surface area contributed by atoms with Gasteiger partial charge in [-0.25, -0.2) is 0 Å². The Morgan fingerprint density at radius 1 is 0.967 bits per heavy atom. The Balaban J connectivity index is 1.40. The first kappa shape index (κ1) is 20.0. The number of carbonyl (C=O) groups is 2. The average Bonchev–Trinajstić information content (AvgIpc) is 2.74. The fraction of sp³-hybridized carbons (Fsp3) is 0.292. The maximum atomic E-state index is 13.2. The number of nitrogens with one attached hydrogen (secondary N) is 1. The molecular formula is C24H26N4O2. The molecular weight excluding hydrogens is 376 g/mol. The molecule has 2 aromatic carbocycles. The molecule has 0 radical (unpaired) electrons. The number of hydrogen-bond acceptors (Lipinski definition) is 4. The van der Waals surface area contributed by atoms with Gasteiger partial charge in [-0.05, 0) is 44.2 Å². The lowest BCUT2D eigenvalue weighted by molar-refractivity contribution is -0.117. The number of nitrogens with zero attached hydrogens (tertiary/aromatic N) is 3. The summed E-state index contributed by atoms with van der Waals surface area (Å²) in [6.45, 7) is 6.82. The van der Waals surface area contributed by atoms with E-state index < -0.39 is 0 Å². The van der Waals surface area contributed by atoms with Crippen LogP contribution in [-0.2, 0) is 4.79 Å². The first-order chi connectivity index (χ1) is 14.5. The summed E-state index contributed by atoms with van der Waals surface area (Å²) in [5, 5.41) is 3.81. The first-order valence-corrected chi connectivity index (χ1v) is 10.2. The van der Waals surface area contributed by atoms with Crippen LogP contribution in [0.4, 0.5) is 5.69 Å². The van der Waals surface area contributed by atoms with Gasteiger partial charge in [-0.1, -0.05) is 29.8 Å². The number of amides is 2. The molecule has 0 bridgehead atoms. The van der Waals surface area contributed by atoms with Crippen LogP contribution in [-0.4, -0.2) is 59.3 Å². The van der Waals surface area contributed by atoms with Crippen molar-refractivity contribution in [3.8, 4) is 0 Å². The Kier molecular flexibility index (Phi) is 5.77. The Morgan fingerprint density at radius 3 is 2.43 bits per heavy atom. The number of hydrogen-bond donors (Lipinski definition) is 1. The first-order valence-electron chi connectivity index (χ1n) is 10.2. The number of aryl methyl sites for hydroxylation is 2. The molecule has 0 atom stereocenters. The van der Waals surface area contributed by atoms with Crippen LogP contribution in [0.3, 0.4) is 0 Å². The van der Waals surface area contributed by atoms with E-state index >= 15 is 0 Å². The smallest absolute Gasteiger partial charge is 0.254 e. The van der Waals surface area contributed by atoms with Crippen LogP contribution in [0, 0.1) is 13.8 Å². The highest BCUT2D eigenvalue weighted by molar-refractivity contribution is 6.06. The van der Waals surface area contributed by atoms with Crippen molar-refractivity contribution in [1.29, 1.82) is 0 Å². The quantitative estimate of drug-likeness (QED) is 0.728. The Bertz CT molecular complexity index is 1070. The van der Waals surface area contributed by atoms with Gasteiger partial charge in [0.15, 0.2) is 0 Å². The third-order valence-corrected chi connectivity index (χ3v) is 5.41. The fourth-order valence-electron chi connectivity index (χ4n) is 3.85. The molecule has 1 fully saturated rings. The number of piperazine rings is 1. The minimum Gasteiger partial charge on any atom is -0.336 e. The summed E-state index contributed by atoms with van der Waals surface area (Å²) in [4.78, 5) is 34.1. The second kappa shape index (κ2) is 8.63. The molecule has 2 heterocycles. The highest BCUT2D eigenvalue weighted by atomic mass is 16.2. The molecule has 2 amide bonds. The molecule has 1 aromatic heterocycles. The van der Waals surface area contributed by atoms with E-state index in [2.05, 4.69) is 15.2 Å². The number of anilines is 1. The topological polar surface area (TPSA) is 65.5 Å². The summed E-state index contributed by atoms with van der Waals surface area (Å²) in [5.74, 6) is -0.00306. The number of aromatic nitrogens is 1. The summed E-state index contributed by atoms with van der Waals surface area (Å²) < 4.78 is 0. The zero-order valence-corrected chi connectivity index (χ0v) is 17.4. The van der Waals surface area contributed by atoms with Gasteiger partial charge in [-0.2, -0.15) is 0 Å². The van der Waals surface area contributed by atoms with Gasteiger partial charge in [-0.3, -0.25) is 19.5 Å². The van der Waals surface area contributed by atoms with Gasteiger partial charge in [0, 0.05) is 42.9 Å². The molecule has 1 aliphatic heterocycles. The third kappa shape index (κ3) is 4.49. The van der Waals surface area contributed by atoms with Crippen LogP contribution < -0.4 is 5.32 Å². The lowest BCUT2D eigenvalue weighted by Crippen LogP contribution is -2.50. The number of rotatable bonds is 4. The van der Waals surface area contributed by atoms with Crippen molar-refractivity contribution in [3.63, 3.8) is 0 Å². The predicted octanol–water partition coefficient (Wildman–Crippen LogP) is 3.25. The maximum Gasteiger partial charge on any atom is 0.254 e. The molecule has 6 nitrogen and oxygen atoms in total. The van der Waals surface area contributed by atoms with Gasteiger partial charge in [0.05, 0.1) is 17.6 Å². The van der Waals surface area contributed by atoms with E-state index in [0.29, 0.717) is 38.3 Å². The van der Waals surface area contributed by atoms with Gasteiger partial charge in [0.25, 0.3) is 5.91 Å². The molecule has 3 aromatic rings. The van der Waals surface area contributed by atoms with Crippen molar-refractivity contribution in [2.24, 2.45) is 0 Å². The van der Waals surface area contributed by atoms with Crippen LogP contribution in [0.5, 0.6) is 0 Å². The molecule has 4 rings (SSSR count). The average molecular weight is 402 g/mol. The van der Waals surface area contributed by atoms with Crippen LogP contribution in [0.15, 0.2) is 54.6 Å². The molecule has 0 spiro atoms. The van der Waals surface area contributed by atoms with Crippen molar-refractivity contribution in [2.75, 3.05) is 38.0 Å². The normalized spacial score (nSPS) is 14.7. The van der Waals surface area contributed by atoms with E-state index in [4.69, 9.17) is 0 Å².